The van der Waals surface area contributed by atoms with E-state index in [1.54, 1.807) is 37.7 Å². The molecule has 2 aliphatic rings. The molecule has 11 heteroatoms. The van der Waals surface area contributed by atoms with E-state index in [2.05, 4.69) is 29.9 Å². The highest BCUT2D eigenvalue weighted by Crippen LogP contribution is 2.40. The smallest absolute Gasteiger partial charge is 0.259 e. The molecule has 0 unspecified atom stereocenters. The summed E-state index contributed by atoms with van der Waals surface area (Å²) in [4.78, 5) is 35.2. The average Bonchev–Trinajstić information content (AvgIpc) is 4.04. The van der Waals surface area contributed by atoms with Crippen LogP contribution in [0.3, 0.4) is 0 Å². The number of halogens is 1. The van der Waals surface area contributed by atoms with Crippen LogP contribution >= 0.6 is 11.6 Å². The molecule has 0 radical (unpaired) electrons. The van der Waals surface area contributed by atoms with Crippen LogP contribution in [-0.2, 0) is 0 Å². The zero-order valence-corrected chi connectivity index (χ0v) is 31.2. The SMILES string of the molecule is COc1cc2c(=O)n(C3CC3)c3c(C)nccc3c2cc1Cl.Cc1nccc2c3cc(C#N)c(OC[C@@](C)(N)CC(C)C)cc3c(=O)n(C3CC3)c12. The third-order valence-electron chi connectivity index (χ3n) is 9.96. The van der Waals surface area contributed by atoms with Crippen molar-refractivity contribution in [1.29, 1.82) is 5.26 Å². The van der Waals surface area contributed by atoms with Crippen LogP contribution < -0.4 is 26.3 Å². The minimum Gasteiger partial charge on any atom is -0.495 e. The molecular weight excluding hydrogens is 676 g/mol. The van der Waals surface area contributed by atoms with Gasteiger partial charge in [0.25, 0.3) is 11.1 Å². The molecule has 6 aromatic rings. The molecule has 4 aromatic heterocycles. The number of nitriles is 1. The maximum Gasteiger partial charge on any atom is 0.259 e. The van der Waals surface area contributed by atoms with Crippen molar-refractivity contribution in [3.05, 3.63) is 91.5 Å². The number of ether oxygens (including phenoxy) is 2. The van der Waals surface area contributed by atoms with Gasteiger partial charge in [0.2, 0.25) is 0 Å². The Hall–Kier alpha value is -4.98. The number of aryl methyl sites for hydroxylation is 2. The molecule has 2 saturated carbocycles. The standard InChI is InChI=1S/C24H28N4O2.C17H15ClN2O2/c1-14(2)11-24(4,26)13-30-21-10-20-19(9-16(21)12-25)18-7-8-27-15(3)22(18)28(23(20)29)17-5-6-17;1-9-16-11(5-6-19-9)12-7-14(18)15(22-2)8-13(12)17(21)20(16)10-3-4-10/h7-10,14,17H,5-6,11,13,26H2,1-4H3;5-8,10H,3-4H2,1-2H3/t24-;/m0./s1. The fraction of sp³-hybridized carbons (Fsp3) is 0.390. The summed E-state index contributed by atoms with van der Waals surface area (Å²) in [7, 11) is 1.56. The molecule has 268 valence electrons. The first-order valence-electron chi connectivity index (χ1n) is 17.8. The number of aromatic nitrogens is 4. The van der Waals surface area contributed by atoms with E-state index < -0.39 is 5.54 Å². The van der Waals surface area contributed by atoms with E-state index in [4.69, 9.17) is 26.8 Å². The predicted molar refractivity (Wildman–Crippen MR) is 207 cm³/mol. The summed E-state index contributed by atoms with van der Waals surface area (Å²) in [6.45, 7) is 10.3. The van der Waals surface area contributed by atoms with Gasteiger partial charge in [0, 0.05) is 40.8 Å². The third kappa shape index (κ3) is 6.48. The molecule has 2 fully saturated rings. The Labute approximate surface area is 306 Å². The number of pyridine rings is 4. The predicted octanol–water partition coefficient (Wildman–Crippen LogP) is 8.06. The lowest BCUT2D eigenvalue weighted by Gasteiger charge is -2.27. The Bertz CT molecular complexity index is 2560. The molecule has 0 bridgehead atoms. The fourth-order valence-electron chi connectivity index (χ4n) is 7.52. The Morgan fingerprint density at radius 1 is 0.865 bits per heavy atom. The second kappa shape index (κ2) is 13.5. The van der Waals surface area contributed by atoms with Crippen LogP contribution in [-0.4, -0.2) is 38.4 Å². The summed E-state index contributed by atoms with van der Waals surface area (Å²) in [5.74, 6) is 1.37. The number of nitrogens with zero attached hydrogens (tertiary/aromatic N) is 5. The molecule has 10 nitrogen and oxygen atoms in total. The van der Waals surface area contributed by atoms with Crippen molar-refractivity contribution in [2.75, 3.05) is 13.7 Å². The Kier molecular flexibility index (Phi) is 9.22. The van der Waals surface area contributed by atoms with E-state index in [1.165, 1.54) is 0 Å². The maximum atomic E-state index is 13.4. The molecular formula is C41H43ClN6O4. The first-order chi connectivity index (χ1) is 24.8. The van der Waals surface area contributed by atoms with Crippen LogP contribution in [0.15, 0.2) is 58.4 Å². The summed E-state index contributed by atoms with van der Waals surface area (Å²) in [5, 5.41) is 15.0. The maximum absolute atomic E-state index is 13.4. The van der Waals surface area contributed by atoms with E-state index in [1.807, 2.05) is 48.1 Å². The number of nitrogens with two attached hydrogens (primary N) is 1. The molecule has 2 aromatic carbocycles. The second-order valence-corrected chi connectivity index (χ2v) is 15.4. The lowest BCUT2D eigenvalue weighted by atomic mass is 9.93. The molecule has 4 heterocycles. The van der Waals surface area contributed by atoms with Crippen molar-refractivity contribution in [3.8, 4) is 17.6 Å². The summed E-state index contributed by atoms with van der Waals surface area (Å²) in [6.07, 6.45) is 8.40. The number of methoxy groups -OCH3 is 1. The van der Waals surface area contributed by atoms with Gasteiger partial charge in [-0.2, -0.15) is 5.26 Å². The molecule has 8 rings (SSSR count). The summed E-state index contributed by atoms with van der Waals surface area (Å²) >= 11 is 6.26. The lowest BCUT2D eigenvalue weighted by Crippen LogP contribution is -2.43. The highest BCUT2D eigenvalue weighted by Gasteiger charge is 2.30. The van der Waals surface area contributed by atoms with Gasteiger partial charge in [-0.1, -0.05) is 25.4 Å². The van der Waals surface area contributed by atoms with Crippen LogP contribution in [0, 0.1) is 31.1 Å². The van der Waals surface area contributed by atoms with Gasteiger partial charge >= 0.3 is 0 Å². The number of hydrogen-bond acceptors (Lipinski definition) is 8. The minimum absolute atomic E-state index is 0.0102. The topological polar surface area (TPSA) is 138 Å². The van der Waals surface area contributed by atoms with Crippen molar-refractivity contribution in [2.45, 2.75) is 84.3 Å². The summed E-state index contributed by atoms with van der Waals surface area (Å²) in [5.41, 5.74) is 9.70. The van der Waals surface area contributed by atoms with Crippen molar-refractivity contribution in [2.24, 2.45) is 11.7 Å². The quantitative estimate of drug-likeness (QED) is 0.156. The third-order valence-corrected chi connectivity index (χ3v) is 10.3. The van der Waals surface area contributed by atoms with Crippen LogP contribution in [0.4, 0.5) is 0 Å². The van der Waals surface area contributed by atoms with E-state index >= 15 is 0 Å². The lowest BCUT2D eigenvalue weighted by molar-refractivity contribution is 0.206. The van der Waals surface area contributed by atoms with Crippen LogP contribution in [0.5, 0.6) is 11.5 Å². The number of rotatable bonds is 8. The van der Waals surface area contributed by atoms with Gasteiger partial charge in [-0.05, 0) is 106 Å². The van der Waals surface area contributed by atoms with E-state index in [-0.39, 0.29) is 29.8 Å². The Morgan fingerprint density at radius 3 is 1.83 bits per heavy atom. The molecule has 0 amide bonds. The second-order valence-electron chi connectivity index (χ2n) is 15.0. The molecule has 1 atom stereocenters. The molecule has 2 N–H and O–H groups in total. The van der Waals surface area contributed by atoms with Crippen molar-refractivity contribution in [3.63, 3.8) is 0 Å². The van der Waals surface area contributed by atoms with E-state index in [0.717, 1.165) is 76.1 Å². The first kappa shape index (κ1) is 35.4. The van der Waals surface area contributed by atoms with Crippen LogP contribution in [0.2, 0.25) is 5.02 Å². The largest absolute Gasteiger partial charge is 0.495 e. The van der Waals surface area contributed by atoms with Gasteiger partial charge in [-0.15, -0.1) is 0 Å². The van der Waals surface area contributed by atoms with Crippen LogP contribution in [0.1, 0.15) is 81.9 Å². The van der Waals surface area contributed by atoms with Gasteiger partial charge in [0.05, 0.1) is 50.9 Å². The minimum atomic E-state index is -0.518. The average molecular weight is 719 g/mol. The van der Waals surface area contributed by atoms with Gasteiger partial charge in [0.15, 0.2) is 0 Å². The summed E-state index contributed by atoms with van der Waals surface area (Å²) < 4.78 is 15.0. The normalized spacial score (nSPS) is 15.5. The molecule has 0 spiro atoms. The molecule has 2 aliphatic carbocycles. The van der Waals surface area contributed by atoms with E-state index in [0.29, 0.717) is 38.8 Å². The zero-order chi connectivity index (χ0) is 37.1. The van der Waals surface area contributed by atoms with Crippen molar-refractivity contribution in [1.82, 2.24) is 19.1 Å². The number of benzene rings is 2. The highest BCUT2D eigenvalue weighted by molar-refractivity contribution is 6.33. The zero-order valence-electron chi connectivity index (χ0n) is 30.4. The van der Waals surface area contributed by atoms with Gasteiger partial charge < -0.3 is 24.3 Å². The first-order valence-corrected chi connectivity index (χ1v) is 18.2. The highest BCUT2D eigenvalue weighted by atomic mass is 35.5. The Morgan fingerprint density at radius 2 is 1.37 bits per heavy atom. The number of fused-ring (bicyclic) bond motifs is 6. The van der Waals surface area contributed by atoms with Crippen molar-refractivity contribution < 1.29 is 9.47 Å². The van der Waals surface area contributed by atoms with Gasteiger partial charge in [-0.3, -0.25) is 19.6 Å². The summed E-state index contributed by atoms with van der Waals surface area (Å²) in [6, 6.07) is 13.6. The van der Waals surface area contributed by atoms with Crippen molar-refractivity contribution >= 4 is 55.0 Å². The Balaban J connectivity index is 0.000000169. The van der Waals surface area contributed by atoms with Gasteiger partial charge in [0.1, 0.15) is 24.2 Å². The van der Waals surface area contributed by atoms with E-state index in [9.17, 15) is 14.9 Å². The fourth-order valence-corrected chi connectivity index (χ4v) is 7.76. The van der Waals surface area contributed by atoms with Gasteiger partial charge in [-0.25, -0.2) is 0 Å². The molecule has 0 saturated heterocycles. The number of hydrogen-bond donors (Lipinski definition) is 1. The molecule has 0 aliphatic heterocycles. The monoisotopic (exact) mass is 718 g/mol. The molecule has 52 heavy (non-hydrogen) atoms. The van der Waals surface area contributed by atoms with Crippen LogP contribution in [0.25, 0.3) is 43.4 Å².